The maximum absolute atomic E-state index is 5.80. The van der Waals surface area contributed by atoms with E-state index in [1.165, 1.54) is 0 Å². The molecule has 0 saturated heterocycles. The molecule has 5 heteroatoms. The van der Waals surface area contributed by atoms with E-state index in [9.17, 15) is 0 Å². The van der Waals surface area contributed by atoms with Gasteiger partial charge in [0.25, 0.3) is 0 Å². The van der Waals surface area contributed by atoms with Gasteiger partial charge in [0.05, 0.1) is 12.6 Å². The van der Waals surface area contributed by atoms with Crippen molar-refractivity contribution in [2.45, 2.75) is 39.8 Å². The van der Waals surface area contributed by atoms with Gasteiger partial charge in [-0.15, -0.1) is 0 Å². The van der Waals surface area contributed by atoms with E-state index < -0.39 is 0 Å². The van der Waals surface area contributed by atoms with E-state index in [0.717, 1.165) is 42.3 Å². The van der Waals surface area contributed by atoms with Crippen LogP contribution in [-0.2, 0) is 11.3 Å². The molecule has 2 rings (SSSR count). The van der Waals surface area contributed by atoms with Crippen molar-refractivity contribution in [1.82, 2.24) is 10.6 Å². The SMILES string of the molecule is CCOC(CCNC(=NC)NCc1cc2ccccc2o1)C(C)C. The molecular formula is C19H29N3O2. The van der Waals surface area contributed by atoms with Crippen LogP contribution in [0.25, 0.3) is 11.0 Å². The van der Waals surface area contributed by atoms with Crippen LogP contribution in [-0.4, -0.2) is 32.3 Å². The Morgan fingerprint density at radius 2 is 2.04 bits per heavy atom. The predicted molar refractivity (Wildman–Crippen MR) is 99.3 cm³/mol. The summed E-state index contributed by atoms with van der Waals surface area (Å²) >= 11 is 0. The predicted octanol–water partition coefficient (Wildman–Crippen LogP) is 3.55. The summed E-state index contributed by atoms with van der Waals surface area (Å²) in [6.45, 7) is 8.60. The molecule has 2 aromatic rings. The Kier molecular flexibility index (Phi) is 7.12. The Labute approximate surface area is 144 Å². The van der Waals surface area contributed by atoms with Crippen LogP contribution in [0.15, 0.2) is 39.7 Å². The standard InChI is InChI=1S/C19H29N3O2/c1-5-23-17(14(2)3)10-11-21-19(20-4)22-13-16-12-15-8-6-7-9-18(15)24-16/h6-9,12,14,17H,5,10-11,13H2,1-4H3,(H2,20,21,22). The Balaban J connectivity index is 1.79. The molecule has 0 spiro atoms. The normalized spacial score (nSPS) is 13.5. The van der Waals surface area contributed by atoms with Crippen molar-refractivity contribution in [1.29, 1.82) is 0 Å². The van der Waals surface area contributed by atoms with Crippen LogP contribution in [0.3, 0.4) is 0 Å². The van der Waals surface area contributed by atoms with Crippen LogP contribution in [0.5, 0.6) is 0 Å². The highest BCUT2D eigenvalue weighted by molar-refractivity contribution is 5.80. The van der Waals surface area contributed by atoms with E-state index in [1.54, 1.807) is 7.05 Å². The van der Waals surface area contributed by atoms with Gasteiger partial charge in [0.2, 0.25) is 0 Å². The van der Waals surface area contributed by atoms with Crippen LogP contribution < -0.4 is 10.6 Å². The van der Waals surface area contributed by atoms with Gasteiger partial charge >= 0.3 is 0 Å². The molecule has 1 heterocycles. The van der Waals surface area contributed by atoms with Gasteiger partial charge in [-0.05, 0) is 31.4 Å². The molecule has 0 aliphatic carbocycles. The minimum absolute atomic E-state index is 0.274. The summed E-state index contributed by atoms with van der Waals surface area (Å²) < 4.78 is 11.6. The first-order valence-electron chi connectivity index (χ1n) is 8.67. The summed E-state index contributed by atoms with van der Waals surface area (Å²) in [7, 11) is 1.77. The van der Waals surface area contributed by atoms with E-state index in [4.69, 9.17) is 9.15 Å². The van der Waals surface area contributed by atoms with Crippen molar-refractivity contribution in [2.75, 3.05) is 20.2 Å². The summed E-state index contributed by atoms with van der Waals surface area (Å²) in [5.41, 5.74) is 0.911. The van der Waals surface area contributed by atoms with Gasteiger partial charge in [0, 0.05) is 25.6 Å². The van der Waals surface area contributed by atoms with Crippen LogP contribution >= 0.6 is 0 Å². The number of benzene rings is 1. The zero-order valence-electron chi connectivity index (χ0n) is 15.1. The largest absolute Gasteiger partial charge is 0.459 e. The zero-order chi connectivity index (χ0) is 17.4. The Hall–Kier alpha value is -2.01. The molecule has 5 nitrogen and oxygen atoms in total. The van der Waals surface area contributed by atoms with Crippen LogP contribution in [0, 0.1) is 5.92 Å². The van der Waals surface area contributed by atoms with E-state index >= 15 is 0 Å². The summed E-state index contributed by atoms with van der Waals surface area (Å²) in [5.74, 6) is 2.18. The van der Waals surface area contributed by atoms with E-state index in [-0.39, 0.29) is 6.10 Å². The quantitative estimate of drug-likeness (QED) is 0.574. The fourth-order valence-corrected chi connectivity index (χ4v) is 2.67. The zero-order valence-corrected chi connectivity index (χ0v) is 15.1. The maximum Gasteiger partial charge on any atom is 0.191 e. The lowest BCUT2D eigenvalue weighted by Gasteiger charge is -2.21. The third-order valence-electron chi connectivity index (χ3n) is 3.98. The van der Waals surface area contributed by atoms with E-state index in [0.29, 0.717) is 12.5 Å². The monoisotopic (exact) mass is 331 g/mol. The van der Waals surface area contributed by atoms with Gasteiger partial charge in [-0.25, -0.2) is 0 Å². The lowest BCUT2D eigenvalue weighted by Crippen LogP contribution is -2.38. The number of nitrogens with zero attached hydrogens (tertiary/aromatic N) is 1. The second-order valence-electron chi connectivity index (χ2n) is 6.13. The molecule has 0 aliphatic heterocycles. The third kappa shape index (κ3) is 5.27. The van der Waals surface area contributed by atoms with E-state index in [1.807, 2.05) is 25.1 Å². The number of rotatable bonds is 8. The molecule has 1 atom stereocenters. The number of nitrogens with one attached hydrogen (secondary N) is 2. The first-order valence-corrected chi connectivity index (χ1v) is 8.67. The number of hydrogen-bond acceptors (Lipinski definition) is 3. The molecule has 24 heavy (non-hydrogen) atoms. The van der Waals surface area contributed by atoms with Crippen molar-refractivity contribution in [3.63, 3.8) is 0 Å². The number of guanidine groups is 1. The molecule has 0 saturated carbocycles. The molecule has 132 valence electrons. The maximum atomic E-state index is 5.80. The average molecular weight is 331 g/mol. The van der Waals surface area contributed by atoms with Crippen molar-refractivity contribution in [2.24, 2.45) is 10.9 Å². The molecule has 0 amide bonds. The molecule has 1 aromatic carbocycles. The minimum Gasteiger partial charge on any atom is -0.459 e. The molecular weight excluding hydrogens is 302 g/mol. The van der Waals surface area contributed by atoms with Crippen LogP contribution in [0.2, 0.25) is 0 Å². The molecule has 1 aromatic heterocycles. The summed E-state index contributed by atoms with van der Waals surface area (Å²) in [5, 5.41) is 7.74. The van der Waals surface area contributed by atoms with Gasteiger partial charge in [-0.2, -0.15) is 0 Å². The Morgan fingerprint density at radius 3 is 2.71 bits per heavy atom. The van der Waals surface area contributed by atoms with Crippen molar-refractivity contribution < 1.29 is 9.15 Å². The van der Waals surface area contributed by atoms with Gasteiger partial charge in [0.1, 0.15) is 11.3 Å². The topological polar surface area (TPSA) is 58.8 Å². The number of aliphatic imine (C=N–C) groups is 1. The summed E-state index contributed by atoms with van der Waals surface area (Å²) in [6.07, 6.45) is 1.23. The first-order chi connectivity index (χ1) is 11.6. The average Bonchev–Trinajstić information content (AvgIpc) is 2.99. The van der Waals surface area contributed by atoms with Crippen LogP contribution in [0.4, 0.5) is 0 Å². The number of para-hydroxylation sites is 1. The minimum atomic E-state index is 0.274. The van der Waals surface area contributed by atoms with Crippen LogP contribution in [0.1, 0.15) is 33.0 Å². The number of fused-ring (bicyclic) bond motifs is 1. The van der Waals surface area contributed by atoms with Gasteiger partial charge in [-0.3, -0.25) is 4.99 Å². The number of hydrogen-bond donors (Lipinski definition) is 2. The highest BCUT2D eigenvalue weighted by Crippen LogP contribution is 2.18. The van der Waals surface area contributed by atoms with E-state index in [2.05, 4.69) is 41.6 Å². The fourth-order valence-electron chi connectivity index (χ4n) is 2.67. The number of ether oxygens (including phenoxy) is 1. The lowest BCUT2D eigenvalue weighted by molar-refractivity contribution is 0.0258. The Morgan fingerprint density at radius 1 is 1.25 bits per heavy atom. The van der Waals surface area contributed by atoms with Crippen molar-refractivity contribution in [3.8, 4) is 0 Å². The van der Waals surface area contributed by atoms with Crippen molar-refractivity contribution >= 4 is 16.9 Å². The molecule has 0 radical (unpaired) electrons. The highest BCUT2D eigenvalue weighted by Gasteiger charge is 2.13. The van der Waals surface area contributed by atoms with Gasteiger partial charge in [0.15, 0.2) is 5.96 Å². The molecule has 0 bridgehead atoms. The number of furan rings is 1. The molecule has 0 aliphatic rings. The van der Waals surface area contributed by atoms with Crippen molar-refractivity contribution in [3.05, 3.63) is 36.1 Å². The lowest BCUT2D eigenvalue weighted by atomic mass is 10.0. The summed E-state index contributed by atoms with van der Waals surface area (Å²) in [6, 6.07) is 10.1. The van der Waals surface area contributed by atoms with Gasteiger partial charge in [-0.1, -0.05) is 32.0 Å². The van der Waals surface area contributed by atoms with Gasteiger partial charge < -0.3 is 19.8 Å². The first kappa shape index (κ1) is 18.3. The molecule has 0 fully saturated rings. The molecule has 1 unspecified atom stereocenters. The molecule has 2 N–H and O–H groups in total. The Bertz CT molecular complexity index is 616. The second-order valence-corrected chi connectivity index (χ2v) is 6.13. The highest BCUT2D eigenvalue weighted by atomic mass is 16.5. The third-order valence-corrected chi connectivity index (χ3v) is 3.98. The fraction of sp³-hybridized carbons (Fsp3) is 0.526. The second kappa shape index (κ2) is 9.33. The smallest absolute Gasteiger partial charge is 0.191 e. The summed E-state index contributed by atoms with van der Waals surface area (Å²) in [4.78, 5) is 4.26.